The van der Waals surface area contributed by atoms with Gasteiger partial charge in [0.2, 0.25) is 23.6 Å². The molecule has 14 nitrogen and oxygen atoms in total. The van der Waals surface area contributed by atoms with Crippen LogP contribution in [0.15, 0.2) is 12.5 Å². The number of primary amides is 1. The minimum absolute atomic E-state index is 0.0558. The lowest BCUT2D eigenvalue weighted by Gasteiger charge is -2.25. The molecular weight excluding hydrogens is 482 g/mol. The van der Waals surface area contributed by atoms with Crippen molar-refractivity contribution in [2.24, 2.45) is 11.5 Å². The molecule has 0 radical (unpaired) electrons. The van der Waals surface area contributed by atoms with Crippen molar-refractivity contribution in [3.8, 4) is 0 Å². The van der Waals surface area contributed by atoms with Gasteiger partial charge in [0, 0.05) is 24.7 Å². The molecule has 1 rings (SSSR count). The third-order valence-electron chi connectivity index (χ3n) is 4.97. The Bertz CT molecular complexity index is 866. The molecule has 0 fully saturated rings. The molecule has 0 saturated carbocycles. The molecule has 1 aromatic rings. The van der Waals surface area contributed by atoms with Gasteiger partial charge in [-0.2, -0.15) is 11.8 Å². The van der Waals surface area contributed by atoms with Gasteiger partial charge in [-0.3, -0.25) is 19.2 Å². The maximum Gasteiger partial charge on any atom is 0.326 e. The van der Waals surface area contributed by atoms with E-state index in [0.717, 1.165) is 0 Å². The van der Waals surface area contributed by atoms with E-state index in [1.54, 1.807) is 6.26 Å². The number of aliphatic hydroxyl groups excluding tert-OH is 1. The molecular formula is C20H33N7O7S. The Hall–Kier alpha value is -3.17. The van der Waals surface area contributed by atoms with Crippen molar-refractivity contribution < 1.29 is 34.2 Å². The van der Waals surface area contributed by atoms with Crippen LogP contribution in [0.3, 0.4) is 0 Å². The monoisotopic (exact) mass is 515 g/mol. The molecule has 35 heavy (non-hydrogen) atoms. The molecule has 0 aliphatic rings. The van der Waals surface area contributed by atoms with E-state index >= 15 is 0 Å². The molecule has 1 heterocycles. The average Bonchev–Trinajstić information content (AvgIpc) is 3.30. The fraction of sp³-hybridized carbons (Fsp3) is 0.600. The topological polar surface area (TPSA) is 243 Å². The minimum Gasteiger partial charge on any atom is -0.480 e. The number of hydrogen-bond donors (Lipinski definition) is 8. The van der Waals surface area contributed by atoms with E-state index in [2.05, 4.69) is 25.9 Å². The SMILES string of the molecule is CSCCC(NC(=O)C(CCC(N)=O)NC(=O)C(Cc1cnc[nH]1)NC(=O)C(N)C(C)O)C(=O)O. The molecule has 10 N–H and O–H groups in total. The number of carboxylic acid groups (broad SMARTS) is 1. The number of hydrogen-bond acceptors (Lipinski definition) is 9. The maximum atomic E-state index is 13.1. The van der Waals surface area contributed by atoms with Crippen molar-refractivity contribution in [3.63, 3.8) is 0 Å². The van der Waals surface area contributed by atoms with Crippen molar-refractivity contribution in [2.75, 3.05) is 12.0 Å². The lowest BCUT2D eigenvalue weighted by atomic mass is 10.1. The number of nitrogens with one attached hydrogen (secondary N) is 4. The molecule has 0 spiro atoms. The number of aromatic nitrogens is 2. The fourth-order valence-corrected chi connectivity index (χ4v) is 3.38. The molecule has 15 heteroatoms. The van der Waals surface area contributed by atoms with Crippen molar-refractivity contribution >= 4 is 41.4 Å². The number of carboxylic acids is 1. The largest absolute Gasteiger partial charge is 0.480 e. The van der Waals surface area contributed by atoms with Crippen LogP contribution in [0, 0.1) is 0 Å². The number of thioether (sulfide) groups is 1. The molecule has 196 valence electrons. The van der Waals surface area contributed by atoms with Gasteiger partial charge < -0.3 is 42.6 Å². The van der Waals surface area contributed by atoms with Crippen LogP contribution in [0.2, 0.25) is 0 Å². The number of carbonyl (C=O) groups excluding carboxylic acids is 4. The second-order valence-corrected chi connectivity index (χ2v) is 8.84. The predicted molar refractivity (Wildman–Crippen MR) is 127 cm³/mol. The molecule has 0 aliphatic heterocycles. The number of aliphatic hydroxyl groups is 1. The van der Waals surface area contributed by atoms with Crippen molar-refractivity contribution in [1.29, 1.82) is 0 Å². The summed E-state index contributed by atoms with van der Waals surface area (Å²) in [6, 6.07) is -5.05. The molecule has 0 bridgehead atoms. The maximum absolute atomic E-state index is 13.1. The Labute approximate surface area is 206 Å². The van der Waals surface area contributed by atoms with Gasteiger partial charge in [0.1, 0.15) is 24.2 Å². The van der Waals surface area contributed by atoms with Gasteiger partial charge in [0.25, 0.3) is 0 Å². The summed E-state index contributed by atoms with van der Waals surface area (Å²) in [4.78, 5) is 67.7. The zero-order valence-electron chi connectivity index (χ0n) is 19.5. The smallest absolute Gasteiger partial charge is 0.326 e. The first-order valence-electron chi connectivity index (χ1n) is 10.8. The summed E-state index contributed by atoms with van der Waals surface area (Å²) in [5.74, 6) is -3.92. The third kappa shape index (κ3) is 10.7. The highest BCUT2D eigenvalue weighted by Gasteiger charge is 2.31. The lowest BCUT2D eigenvalue weighted by Crippen LogP contribution is -2.58. The standard InChI is InChI=1S/C20H33N7O7S/c1-10(28)16(22)19(32)27-14(7-11-8-23-9-24-11)18(31)25-12(3-4-15(21)29)17(30)26-13(20(33)34)5-6-35-2/h8-10,12-14,16,28H,3-7,22H2,1-2H3,(H2,21,29)(H,23,24)(H,25,31)(H,26,30)(H,27,32)(H,33,34). The number of imidazole rings is 1. The second-order valence-electron chi connectivity index (χ2n) is 7.86. The summed E-state index contributed by atoms with van der Waals surface area (Å²) in [5, 5.41) is 26.2. The van der Waals surface area contributed by atoms with Crippen LogP contribution in [-0.4, -0.2) is 92.1 Å². The minimum atomic E-state index is -1.31. The zero-order chi connectivity index (χ0) is 26.5. The molecule has 4 amide bonds. The fourth-order valence-electron chi connectivity index (χ4n) is 2.91. The van der Waals surface area contributed by atoms with Crippen LogP contribution in [0.5, 0.6) is 0 Å². The van der Waals surface area contributed by atoms with E-state index in [1.807, 2.05) is 0 Å². The van der Waals surface area contributed by atoms with E-state index in [4.69, 9.17) is 11.5 Å². The summed E-state index contributed by atoms with van der Waals surface area (Å²) < 4.78 is 0. The van der Waals surface area contributed by atoms with E-state index in [1.165, 1.54) is 31.2 Å². The quantitative estimate of drug-likeness (QED) is 0.112. The Morgan fingerprint density at radius 3 is 2.17 bits per heavy atom. The van der Waals surface area contributed by atoms with Gasteiger partial charge in [0.05, 0.1) is 12.4 Å². The number of rotatable bonds is 16. The molecule has 0 saturated heterocycles. The first-order chi connectivity index (χ1) is 16.5. The van der Waals surface area contributed by atoms with E-state index in [0.29, 0.717) is 11.4 Å². The van der Waals surface area contributed by atoms with Crippen molar-refractivity contribution in [2.45, 2.75) is 62.9 Å². The number of nitrogens with two attached hydrogens (primary N) is 2. The second kappa shape index (κ2) is 15.0. The van der Waals surface area contributed by atoms with E-state index in [9.17, 15) is 34.2 Å². The predicted octanol–water partition coefficient (Wildman–Crippen LogP) is -2.78. The number of nitrogens with zero attached hydrogens (tertiary/aromatic N) is 1. The van der Waals surface area contributed by atoms with Crippen LogP contribution < -0.4 is 27.4 Å². The van der Waals surface area contributed by atoms with Crippen molar-refractivity contribution in [1.82, 2.24) is 25.9 Å². The summed E-state index contributed by atoms with van der Waals surface area (Å²) in [6.07, 6.45) is 3.04. The average molecular weight is 516 g/mol. The van der Waals surface area contributed by atoms with Crippen LogP contribution in [0.25, 0.3) is 0 Å². The summed E-state index contributed by atoms with van der Waals surface area (Å²) in [6.45, 7) is 1.31. The van der Waals surface area contributed by atoms with Gasteiger partial charge in [-0.1, -0.05) is 0 Å². The molecule has 0 aliphatic carbocycles. The molecule has 0 aromatic carbocycles. The first-order valence-corrected chi connectivity index (χ1v) is 12.2. The summed E-state index contributed by atoms with van der Waals surface area (Å²) in [5.41, 5.74) is 11.3. The first kappa shape index (κ1) is 29.9. The van der Waals surface area contributed by atoms with E-state index < -0.39 is 59.9 Å². The lowest BCUT2D eigenvalue weighted by molar-refractivity contribution is -0.142. The highest BCUT2D eigenvalue weighted by atomic mass is 32.2. The third-order valence-corrected chi connectivity index (χ3v) is 5.62. The van der Waals surface area contributed by atoms with Crippen LogP contribution in [-0.2, 0) is 30.4 Å². The van der Waals surface area contributed by atoms with Crippen LogP contribution in [0.1, 0.15) is 31.9 Å². The van der Waals surface area contributed by atoms with E-state index in [-0.39, 0.29) is 25.7 Å². The number of aromatic amines is 1. The number of carbonyl (C=O) groups is 5. The Kier molecular flexibility index (Phi) is 12.8. The van der Waals surface area contributed by atoms with Gasteiger partial charge in [-0.25, -0.2) is 9.78 Å². The van der Waals surface area contributed by atoms with Gasteiger partial charge in [-0.15, -0.1) is 0 Å². The summed E-state index contributed by atoms with van der Waals surface area (Å²) in [7, 11) is 0. The van der Waals surface area contributed by atoms with Gasteiger partial charge in [0.15, 0.2) is 0 Å². The Balaban J connectivity index is 3.06. The van der Waals surface area contributed by atoms with Crippen LogP contribution >= 0.6 is 11.8 Å². The number of H-pyrrole nitrogens is 1. The van der Waals surface area contributed by atoms with Gasteiger partial charge in [-0.05, 0) is 31.8 Å². The highest BCUT2D eigenvalue weighted by molar-refractivity contribution is 7.98. The summed E-state index contributed by atoms with van der Waals surface area (Å²) >= 11 is 1.40. The molecule has 1 aromatic heterocycles. The van der Waals surface area contributed by atoms with Gasteiger partial charge >= 0.3 is 5.97 Å². The number of aliphatic carboxylic acids is 1. The normalized spacial score (nSPS) is 15.2. The highest BCUT2D eigenvalue weighted by Crippen LogP contribution is 2.06. The zero-order valence-corrected chi connectivity index (χ0v) is 20.3. The van der Waals surface area contributed by atoms with Crippen LogP contribution in [0.4, 0.5) is 0 Å². The van der Waals surface area contributed by atoms with Crippen molar-refractivity contribution in [3.05, 3.63) is 18.2 Å². The Morgan fingerprint density at radius 1 is 1.06 bits per heavy atom. The Morgan fingerprint density at radius 2 is 1.66 bits per heavy atom. The molecule has 5 atom stereocenters. The molecule has 5 unspecified atom stereocenters. The number of amides is 4.